The smallest absolute Gasteiger partial charge is 0.265 e. The monoisotopic (exact) mass is 448 g/mol. The van der Waals surface area contributed by atoms with E-state index in [0.29, 0.717) is 36.9 Å². The summed E-state index contributed by atoms with van der Waals surface area (Å²) in [6.07, 6.45) is 5.66. The Hall–Kier alpha value is -3.06. The Labute approximate surface area is 192 Å². The normalized spacial score (nSPS) is 14.4. The number of nitrogens with one attached hydrogen (secondary N) is 1. The SMILES string of the molecule is Cc1ccc(-c2nc(C)c(C(=O)N3CCC(CC(=O)NCc4cccnc4)CC3)s2)cc1. The minimum Gasteiger partial charge on any atom is -0.352 e. The van der Waals surface area contributed by atoms with Crippen LogP contribution in [0.3, 0.4) is 0 Å². The highest BCUT2D eigenvalue weighted by Crippen LogP contribution is 2.30. The minimum absolute atomic E-state index is 0.0536. The summed E-state index contributed by atoms with van der Waals surface area (Å²) in [6, 6.07) is 12.0. The van der Waals surface area contributed by atoms with Crippen molar-refractivity contribution in [1.29, 1.82) is 0 Å². The molecule has 0 saturated carbocycles. The topological polar surface area (TPSA) is 75.2 Å². The maximum atomic E-state index is 13.1. The molecule has 0 unspecified atom stereocenters. The van der Waals surface area contributed by atoms with Crippen molar-refractivity contribution in [2.24, 2.45) is 5.92 Å². The van der Waals surface area contributed by atoms with Crippen molar-refractivity contribution >= 4 is 23.2 Å². The zero-order valence-electron chi connectivity index (χ0n) is 18.5. The van der Waals surface area contributed by atoms with Gasteiger partial charge < -0.3 is 10.2 Å². The molecule has 0 atom stereocenters. The van der Waals surface area contributed by atoms with Gasteiger partial charge in [0.25, 0.3) is 5.91 Å². The molecular weight excluding hydrogens is 420 g/mol. The lowest BCUT2D eigenvalue weighted by atomic mass is 9.93. The summed E-state index contributed by atoms with van der Waals surface area (Å²) in [5.41, 5.74) is 4.02. The van der Waals surface area contributed by atoms with E-state index in [-0.39, 0.29) is 11.8 Å². The second kappa shape index (κ2) is 10.0. The van der Waals surface area contributed by atoms with E-state index in [4.69, 9.17) is 0 Å². The van der Waals surface area contributed by atoms with E-state index in [1.807, 2.05) is 36.1 Å². The molecule has 1 N–H and O–H groups in total. The van der Waals surface area contributed by atoms with Crippen molar-refractivity contribution in [3.63, 3.8) is 0 Å². The number of amides is 2. The zero-order chi connectivity index (χ0) is 22.5. The van der Waals surface area contributed by atoms with Crippen molar-refractivity contribution in [2.45, 2.75) is 39.7 Å². The Morgan fingerprint density at radius 2 is 1.88 bits per heavy atom. The lowest BCUT2D eigenvalue weighted by Gasteiger charge is -2.31. The molecule has 0 bridgehead atoms. The number of rotatable bonds is 6. The summed E-state index contributed by atoms with van der Waals surface area (Å²) < 4.78 is 0. The van der Waals surface area contributed by atoms with Crippen molar-refractivity contribution in [1.82, 2.24) is 20.2 Å². The van der Waals surface area contributed by atoms with E-state index in [1.54, 1.807) is 12.4 Å². The Kier molecular flexibility index (Phi) is 6.95. The Morgan fingerprint density at radius 3 is 2.56 bits per heavy atom. The highest BCUT2D eigenvalue weighted by molar-refractivity contribution is 7.17. The third-order valence-electron chi connectivity index (χ3n) is 5.88. The molecule has 2 amide bonds. The van der Waals surface area contributed by atoms with Gasteiger partial charge >= 0.3 is 0 Å². The van der Waals surface area contributed by atoms with Gasteiger partial charge in [0.05, 0.1) is 5.69 Å². The summed E-state index contributed by atoms with van der Waals surface area (Å²) in [6.45, 7) is 5.81. The number of aromatic nitrogens is 2. The molecular formula is C25H28N4O2S. The van der Waals surface area contributed by atoms with Crippen LogP contribution in [0.4, 0.5) is 0 Å². The molecule has 6 nitrogen and oxygen atoms in total. The maximum absolute atomic E-state index is 13.1. The average molecular weight is 449 g/mol. The Morgan fingerprint density at radius 1 is 1.12 bits per heavy atom. The van der Waals surface area contributed by atoms with E-state index in [1.165, 1.54) is 16.9 Å². The average Bonchev–Trinajstić information content (AvgIpc) is 3.20. The second-order valence-electron chi connectivity index (χ2n) is 8.38. The van der Waals surface area contributed by atoms with Crippen molar-refractivity contribution in [3.05, 3.63) is 70.5 Å². The number of hydrogen-bond donors (Lipinski definition) is 1. The lowest BCUT2D eigenvalue weighted by molar-refractivity contribution is -0.122. The van der Waals surface area contributed by atoms with E-state index in [0.717, 1.165) is 34.7 Å². The fourth-order valence-electron chi connectivity index (χ4n) is 3.94. The van der Waals surface area contributed by atoms with Gasteiger partial charge in [-0.3, -0.25) is 14.6 Å². The van der Waals surface area contributed by atoms with Gasteiger partial charge in [0.1, 0.15) is 9.88 Å². The quantitative estimate of drug-likeness (QED) is 0.607. The van der Waals surface area contributed by atoms with Gasteiger partial charge in [0, 0.05) is 44.0 Å². The van der Waals surface area contributed by atoms with Crippen molar-refractivity contribution < 1.29 is 9.59 Å². The van der Waals surface area contributed by atoms with Gasteiger partial charge in [-0.25, -0.2) is 4.98 Å². The third-order valence-corrected chi connectivity index (χ3v) is 7.07. The zero-order valence-corrected chi connectivity index (χ0v) is 19.3. The summed E-state index contributed by atoms with van der Waals surface area (Å²) >= 11 is 1.46. The number of carbonyl (C=O) groups excluding carboxylic acids is 2. The molecule has 3 aromatic rings. The Bertz CT molecular complexity index is 1070. The molecule has 1 fully saturated rings. The fourth-order valence-corrected chi connectivity index (χ4v) is 4.98. The predicted molar refractivity (Wildman–Crippen MR) is 126 cm³/mol. The van der Waals surface area contributed by atoms with Gasteiger partial charge in [-0.2, -0.15) is 0 Å². The van der Waals surface area contributed by atoms with Crippen LogP contribution in [0.2, 0.25) is 0 Å². The molecule has 32 heavy (non-hydrogen) atoms. The third kappa shape index (κ3) is 5.40. The molecule has 2 aromatic heterocycles. The number of likely N-dealkylation sites (tertiary alicyclic amines) is 1. The molecule has 1 aromatic carbocycles. The van der Waals surface area contributed by atoms with Crippen LogP contribution >= 0.6 is 11.3 Å². The first-order valence-corrected chi connectivity index (χ1v) is 11.8. The number of hydrogen-bond acceptors (Lipinski definition) is 5. The summed E-state index contributed by atoms with van der Waals surface area (Å²) in [4.78, 5) is 36.8. The first kappa shape index (κ1) is 22.1. The minimum atomic E-state index is 0.0536. The molecule has 166 valence electrons. The number of benzene rings is 1. The van der Waals surface area contributed by atoms with Crippen LogP contribution in [0.25, 0.3) is 10.6 Å². The van der Waals surface area contributed by atoms with Crippen LogP contribution in [0, 0.1) is 19.8 Å². The van der Waals surface area contributed by atoms with Gasteiger partial charge in [0.15, 0.2) is 0 Å². The summed E-state index contributed by atoms with van der Waals surface area (Å²) in [5, 5.41) is 3.85. The van der Waals surface area contributed by atoms with E-state index >= 15 is 0 Å². The fraction of sp³-hybridized carbons (Fsp3) is 0.360. The van der Waals surface area contributed by atoms with Crippen LogP contribution in [0.1, 0.15) is 45.8 Å². The van der Waals surface area contributed by atoms with Gasteiger partial charge in [0.2, 0.25) is 5.91 Å². The van der Waals surface area contributed by atoms with Crippen molar-refractivity contribution in [2.75, 3.05) is 13.1 Å². The second-order valence-corrected chi connectivity index (χ2v) is 9.38. The maximum Gasteiger partial charge on any atom is 0.265 e. The van der Waals surface area contributed by atoms with Gasteiger partial charge in [-0.1, -0.05) is 35.9 Å². The largest absolute Gasteiger partial charge is 0.352 e. The van der Waals surface area contributed by atoms with E-state index in [2.05, 4.69) is 34.3 Å². The molecule has 7 heteroatoms. The number of aryl methyl sites for hydroxylation is 2. The number of thiazole rings is 1. The number of nitrogens with zero attached hydrogens (tertiary/aromatic N) is 3. The van der Waals surface area contributed by atoms with Crippen LogP contribution in [0.15, 0.2) is 48.8 Å². The molecule has 4 rings (SSSR count). The molecule has 1 saturated heterocycles. The lowest BCUT2D eigenvalue weighted by Crippen LogP contribution is -2.39. The van der Waals surface area contributed by atoms with E-state index < -0.39 is 0 Å². The highest BCUT2D eigenvalue weighted by Gasteiger charge is 2.27. The predicted octanol–water partition coefficient (Wildman–Crippen LogP) is 4.38. The van der Waals surface area contributed by atoms with E-state index in [9.17, 15) is 9.59 Å². The molecule has 0 radical (unpaired) electrons. The summed E-state index contributed by atoms with van der Waals surface area (Å²) in [7, 11) is 0. The summed E-state index contributed by atoms with van der Waals surface area (Å²) in [5.74, 6) is 0.413. The number of piperidine rings is 1. The molecule has 1 aliphatic rings. The van der Waals surface area contributed by atoms with Crippen LogP contribution in [-0.4, -0.2) is 39.8 Å². The van der Waals surface area contributed by atoms with Crippen LogP contribution < -0.4 is 5.32 Å². The first-order chi connectivity index (χ1) is 15.5. The van der Waals surface area contributed by atoms with Gasteiger partial charge in [-0.05, 0) is 44.2 Å². The molecule has 3 heterocycles. The molecule has 0 spiro atoms. The van der Waals surface area contributed by atoms with Crippen LogP contribution in [-0.2, 0) is 11.3 Å². The van der Waals surface area contributed by atoms with Gasteiger partial charge in [-0.15, -0.1) is 11.3 Å². The van der Waals surface area contributed by atoms with Crippen LogP contribution in [0.5, 0.6) is 0 Å². The van der Waals surface area contributed by atoms with Crippen molar-refractivity contribution in [3.8, 4) is 10.6 Å². The number of carbonyl (C=O) groups is 2. The highest BCUT2D eigenvalue weighted by atomic mass is 32.1. The number of pyridine rings is 1. The molecule has 1 aliphatic heterocycles. The first-order valence-electron chi connectivity index (χ1n) is 11.0. The Balaban J connectivity index is 1.29. The molecule has 0 aliphatic carbocycles. The standard InChI is InChI=1S/C25H28N4O2S/c1-17-5-7-21(8-6-17)24-28-18(2)23(32-24)25(31)29-12-9-19(10-13-29)14-22(30)27-16-20-4-3-11-26-15-20/h3-8,11,15,19H,9-10,12-14,16H2,1-2H3,(H,27,30).